The molecule has 7 heteroatoms. The molecule has 0 spiro atoms. The van der Waals surface area contributed by atoms with Gasteiger partial charge in [-0.1, -0.05) is 18.2 Å². The number of benzene rings is 2. The Morgan fingerprint density at radius 2 is 1.63 bits per heavy atom. The Morgan fingerprint density at radius 1 is 0.967 bits per heavy atom. The van der Waals surface area contributed by atoms with E-state index in [9.17, 15) is 9.59 Å². The first kappa shape index (κ1) is 21.5. The molecule has 0 aliphatic carbocycles. The van der Waals surface area contributed by atoms with E-state index in [0.717, 1.165) is 16.7 Å². The number of esters is 1. The Balaban J connectivity index is 1.96. The maximum absolute atomic E-state index is 13.3. The third-order valence-electron chi connectivity index (χ3n) is 5.44. The summed E-state index contributed by atoms with van der Waals surface area (Å²) in [6.45, 7) is 0.498. The fourth-order valence-corrected chi connectivity index (χ4v) is 3.90. The molecule has 3 rings (SSSR count). The third-order valence-corrected chi connectivity index (χ3v) is 5.44. The zero-order valence-corrected chi connectivity index (χ0v) is 17.8. The van der Waals surface area contributed by atoms with Crippen LogP contribution < -0.4 is 14.2 Å². The fourth-order valence-electron chi connectivity index (χ4n) is 3.90. The van der Waals surface area contributed by atoms with Gasteiger partial charge in [0.15, 0.2) is 11.5 Å². The molecular formula is C23H27NO6. The fraction of sp³-hybridized carbons (Fsp3) is 0.391. The summed E-state index contributed by atoms with van der Waals surface area (Å²) < 4.78 is 21.1. The van der Waals surface area contributed by atoms with E-state index >= 15 is 0 Å². The highest BCUT2D eigenvalue weighted by molar-refractivity contribution is 5.81. The lowest BCUT2D eigenvalue weighted by Crippen LogP contribution is -2.42. The summed E-state index contributed by atoms with van der Waals surface area (Å²) in [5.41, 5.74) is 2.71. The minimum atomic E-state index is -0.441. The van der Waals surface area contributed by atoms with E-state index in [1.165, 1.54) is 7.11 Å². The largest absolute Gasteiger partial charge is 0.496 e. The monoisotopic (exact) mass is 413 g/mol. The Bertz CT molecular complexity index is 926. The van der Waals surface area contributed by atoms with E-state index in [1.54, 1.807) is 26.2 Å². The molecule has 30 heavy (non-hydrogen) atoms. The van der Waals surface area contributed by atoms with E-state index < -0.39 is 6.04 Å². The normalized spacial score (nSPS) is 15.2. The highest BCUT2D eigenvalue weighted by Crippen LogP contribution is 2.40. The SMILES string of the molecule is COC(=O)C[C@@H]1c2cc(OC)c(OC)cc2CCN1C(=O)Cc1ccccc1OC. The summed E-state index contributed by atoms with van der Waals surface area (Å²) in [6.07, 6.45) is 0.909. The van der Waals surface area contributed by atoms with Gasteiger partial charge in [-0.15, -0.1) is 0 Å². The van der Waals surface area contributed by atoms with Crippen LogP contribution in [-0.2, 0) is 27.2 Å². The molecule has 0 N–H and O–H groups in total. The van der Waals surface area contributed by atoms with Crippen LogP contribution in [0.15, 0.2) is 36.4 Å². The van der Waals surface area contributed by atoms with Crippen LogP contribution in [0.3, 0.4) is 0 Å². The molecule has 2 aromatic rings. The lowest BCUT2D eigenvalue weighted by Gasteiger charge is -2.37. The van der Waals surface area contributed by atoms with Gasteiger partial charge in [-0.05, 0) is 35.7 Å². The molecule has 0 saturated heterocycles. The Labute approximate surface area is 176 Å². The highest BCUT2D eigenvalue weighted by Gasteiger charge is 2.34. The van der Waals surface area contributed by atoms with Crippen LogP contribution in [0, 0.1) is 0 Å². The number of nitrogens with zero attached hydrogens (tertiary/aromatic N) is 1. The van der Waals surface area contributed by atoms with Gasteiger partial charge in [-0.2, -0.15) is 0 Å². The minimum Gasteiger partial charge on any atom is -0.496 e. The van der Waals surface area contributed by atoms with Gasteiger partial charge in [0.05, 0.1) is 47.3 Å². The van der Waals surface area contributed by atoms with Crippen molar-refractivity contribution in [1.29, 1.82) is 0 Å². The zero-order chi connectivity index (χ0) is 21.7. The smallest absolute Gasteiger partial charge is 0.307 e. The van der Waals surface area contributed by atoms with Crippen molar-refractivity contribution in [3.63, 3.8) is 0 Å². The molecule has 2 aromatic carbocycles. The van der Waals surface area contributed by atoms with Crippen molar-refractivity contribution in [2.45, 2.75) is 25.3 Å². The molecule has 1 aliphatic rings. The molecule has 0 fully saturated rings. The van der Waals surface area contributed by atoms with Crippen LogP contribution in [0.25, 0.3) is 0 Å². The number of carbonyl (C=O) groups excluding carboxylic acids is 2. The minimum absolute atomic E-state index is 0.0661. The van der Waals surface area contributed by atoms with Crippen molar-refractivity contribution < 1.29 is 28.5 Å². The van der Waals surface area contributed by atoms with Gasteiger partial charge >= 0.3 is 5.97 Å². The Kier molecular flexibility index (Phi) is 6.82. The van der Waals surface area contributed by atoms with Crippen LogP contribution in [0.2, 0.25) is 0 Å². The van der Waals surface area contributed by atoms with Crippen LogP contribution in [0.4, 0.5) is 0 Å². The number of hydrogen-bond donors (Lipinski definition) is 0. The van der Waals surface area contributed by atoms with Crippen molar-refractivity contribution in [2.75, 3.05) is 35.0 Å². The van der Waals surface area contributed by atoms with Gasteiger partial charge in [0.25, 0.3) is 0 Å². The number of amides is 1. The second-order valence-electron chi connectivity index (χ2n) is 7.03. The Morgan fingerprint density at radius 3 is 2.30 bits per heavy atom. The van der Waals surface area contributed by atoms with Crippen molar-refractivity contribution in [2.24, 2.45) is 0 Å². The van der Waals surface area contributed by atoms with Crippen molar-refractivity contribution in [3.8, 4) is 17.2 Å². The van der Waals surface area contributed by atoms with Gasteiger partial charge in [-0.25, -0.2) is 0 Å². The summed E-state index contributed by atoms with van der Waals surface area (Å²) in [5, 5.41) is 0. The number of rotatable bonds is 7. The standard InChI is InChI=1S/C23H27NO6/c1-27-19-8-6-5-7-16(19)12-22(25)24-10-9-15-11-20(28-2)21(29-3)13-17(15)18(24)14-23(26)30-4/h5-8,11,13,18H,9-10,12,14H2,1-4H3/t18-/m1/s1. The van der Waals surface area contributed by atoms with Gasteiger partial charge in [0, 0.05) is 12.1 Å². The number of methoxy groups -OCH3 is 4. The summed E-state index contributed by atoms with van der Waals surface area (Å²) in [4.78, 5) is 27.2. The first-order valence-corrected chi connectivity index (χ1v) is 9.75. The van der Waals surface area contributed by atoms with Crippen LogP contribution in [0.1, 0.15) is 29.2 Å². The van der Waals surface area contributed by atoms with Gasteiger partial charge in [-0.3, -0.25) is 9.59 Å². The second-order valence-corrected chi connectivity index (χ2v) is 7.03. The predicted molar refractivity (Wildman–Crippen MR) is 111 cm³/mol. The average Bonchev–Trinajstić information content (AvgIpc) is 2.78. The maximum atomic E-state index is 13.3. The molecule has 7 nitrogen and oxygen atoms in total. The predicted octanol–water partition coefficient (Wildman–Crippen LogP) is 2.94. The summed E-state index contributed by atoms with van der Waals surface area (Å²) in [5.74, 6) is 1.40. The molecule has 0 saturated carbocycles. The maximum Gasteiger partial charge on any atom is 0.307 e. The molecule has 1 amide bonds. The molecule has 1 atom stereocenters. The molecule has 160 valence electrons. The third kappa shape index (κ3) is 4.35. The van der Waals surface area contributed by atoms with E-state index in [4.69, 9.17) is 18.9 Å². The summed E-state index contributed by atoms with van der Waals surface area (Å²) >= 11 is 0. The van der Waals surface area contributed by atoms with Gasteiger partial charge in [0.2, 0.25) is 5.91 Å². The molecule has 1 heterocycles. The van der Waals surface area contributed by atoms with E-state index in [-0.39, 0.29) is 24.7 Å². The van der Waals surface area contributed by atoms with Crippen molar-refractivity contribution >= 4 is 11.9 Å². The van der Waals surface area contributed by atoms with Gasteiger partial charge in [0.1, 0.15) is 5.75 Å². The van der Waals surface area contributed by atoms with E-state index in [2.05, 4.69) is 0 Å². The van der Waals surface area contributed by atoms with Crippen LogP contribution in [-0.4, -0.2) is 51.8 Å². The highest BCUT2D eigenvalue weighted by atomic mass is 16.5. The van der Waals surface area contributed by atoms with Crippen LogP contribution in [0.5, 0.6) is 17.2 Å². The van der Waals surface area contributed by atoms with Crippen LogP contribution >= 0.6 is 0 Å². The Hall–Kier alpha value is -3.22. The molecular weight excluding hydrogens is 386 g/mol. The lowest BCUT2D eigenvalue weighted by atomic mass is 9.89. The second kappa shape index (κ2) is 9.52. The first-order chi connectivity index (χ1) is 14.5. The molecule has 0 bridgehead atoms. The number of carbonyl (C=O) groups is 2. The molecule has 0 radical (unpaired) electrons. The first-order valence-electron chi connectivity index (χ1n) is 9.75. The van der Waals surface area contributed by atoms with E-state index in [1.807, 2.05) is 36.4 Å². The molecule has 0 aromatic heterocycles. The number of ether oxygens (including phenoxy) is 4. The van der Waals surface area contributed by atoms with E-state index in [0.29, 0.717) is 30.2 Å². The molecule has 1 aliphatic heterocycles. The number of para-hydroxylation sites is 1. The summed E-state index contributed by atoms with van der Waals surface area (Å²) in [6, 6.07) is 10.8. The zero-order valence-electron chi connectivity index (χ0n) is 17.8. The van der Waals surface area contributed by atoms with Gasteiger partial charge < -0.3 is 23.8 Å². The van der Waals surface area contributed by atoms with Crippen molar-refractivity contribution in [1.82, 2.24) is 4.90 Å². The average molecular weight is 413 g/mol. The molecule has 0 unspecified atom stereocenters. The number of hydrogen-bond acceptors (Lipinski definition) is 6. The quantitative estimate of drug-likeness (QED) is 0.650. The topological polar surface area (TPSA) is 74.3 Å². The summed E-state index contributed by atoms with van der Waals surface area (Å²) in [7, 11) is 6.08. The van der Waals surface area contributed by atoms with Crippen molar-refractivity contribution in [3.05, 3.63) is 53.1 Å². The lowest BCUT2D eigenvalue weighted by molar-refractivity contribution is -0.144. The number of fused-ring (bicyclic) bond motifs is 1.